The van der Waals surface area contributed by atoms with Crippen molar-refractivity contribution in [2.75, 3.05) is 5.32 Å². The van der Waals surface area contributed by atoms with E-state index in [2.05, 4.69) is 10.6 Å². The highest BCUT2D eigenvalue weighted by molar-refractivity contribution is 6.40. The molecule has 0 aliphatic carbocycles. The molecule has 2 aromatic rings. The number of hydrogen-bond acceptors (Lipinski definition) is 2. The van der Waals surface area contributed by atoms with Crippen LogP contribution in [0.25, 0.3) is 0 Å². The van der Waals surface area contributed by atoms with Crippen molar-refractivity contribution in [2.24, 2.45) is 0 Å². The molecule has 2 N–H and O–H groups in total. The van der Waals surface area contributed by atoms with Crippen LogP contribution in [0.2, 0.25) is 5.02 Å². The highest BCUT2D eigenvalue weighted by Crippen LogP contribution is 2.22. The average Bonchev–Trinajstić information content (AvgIpc) is 2.52. The number of benzene rings is 2. The van der Waals surface area contributed by atoms with Gasteiger partial charge in [0.15, 0.2) is 0 Å². The molecule has 2 rings (SSSR count). The molecule has 0 fully saturated rings. The van der Waals surface area contributed by atoms with E-state index in [1.807, 2.05) is 37.3 Å². The van der Waals surface area contributed by atoms with E-state index in [0.717, 1.165) is 11.1 Å². The molecule has 5 heteroatoms. The molecule has 0 aliphatic heterocycles. The summed E-state index contributed by atoms with van der Waals surface area (Å²) in [7, 11) is 0. The van der Waals surface area contributed by atoms with Gasteiger partial charge in [-0.05, 0) is 37.1 Å². The lowest BCUT2D eigenvalue weighted by atomic mass is 10.1. The molecule has 0 aliphatic rings. The van der Waals surface area contributed by atoms with E-state index in [9.17, 15) is 9.59 Å². The maximum absolute atomic E-state index is 12.0. The first-order valence-corrected chi connectivity index (χ1v) is 7.28. The van der Waals surface area contributed by atoms with Crippen molar-refractivity contribution in [3.05, 3.63) is 64.7 Å². The fourth-order valence-corrected chi connectivity index (χ4v) is 2.18. The molecule has 0 heterocycles. The van der Waals surface area contributed by atoms with E-state index in [1.54, 1.807) is 25.1 Å². The Balaban J connectivity index is 2.01. The fourth-order valence-electron chi connectivity index (χ4n) is 2.01. The number of carbonyl (C=O) groups excluding carboxylic acids is 2. The zero-order valence-corrected chi connectivity index (χ0v) is 13.1. The molecule has 4 nitrogen and oxygen atoms in total. The van der Waals surface area contributed by atoms with Gasteiger partial charge in [0.25, 0.3) is 0 Å². The summed E-state index contributed by atoms with van der Waals surface area (Å²) >= 11 is 5.99. The Labute approximate surface area is 134 Å². The number of halogens is 1. The van der Waals surface area contributed by atoms with Crippen molar-refractivity contribution >= 4 is 29.1 Å². The van der Waals surface area contributed by atoms with E-state index in [4.69, 9.17) is 11.6 Å². The van der Waals surface area contributed by atoms with Gasteiger partial charge in [-0.1, -0.05) is 48.0 Å². The largest absolute Gasteiger partial charge is 0.341 e. The third kappa shape index (κ3) is 3.86. The van der Waals surface area contributed by atoms with Crippen molar-refractivity contribution in [3.8, 4) is 0 Å². The fraction of sp³-hybridized carbons (Fsp3) is 0.176. The monoisotopic (exact) mass is 316 g/mol. The summed E-state index contributed by atoms with van der Waals surface area (Å²) in [6, 6.07) is 14.3. The second-order valence-electron chi connectivity index (χ2n) is 4.97. The second-order valence-corrected chi connectivity index (χ2v) is 5.38. The summed E-state index contributed by atoms with van der Waals surface area (Å²) in [6.45, 7) is 3.60. The maximum Gasteiger partial charge on any atom is 0.313 e. The molecule has 2 amide bonds. The van der Waals surface area contributed by atoms with Crippen LogP contribution in [-0.4, -0.2) is 11.8 Å². The van der Waals surface area contributed by atoms with Gasteiger partial charge in [-0.25, -0.2) is 0 Å². The summed E-state index contributed by atoms with van der Waals surface area (Å²) in [5.74, 6) is -1.40. The van der Waals surface area contributed by atoms with Gasteiger partial charge in [-0.3, -0.25) is 9.59 Å². The minimum Gasteiger partial charge on any atom is -0.341 e. The predicted molar refractivity (Wildman–Crippen MR) is 87.8 cm³/mol. The van der Waals surface area contributed by atoms with Gasteiger partial charge >= 0.3 is 11.8 Å². The highest BCUT2D eigenvalue weighted by atomic mass is 35.5. The number of anilines is 1. The molecule has 0 bridgehead atoms. The number of hydrogen-bond donors (Lipinski definition) is 2. The van der Waals surface area contributed by atoms with Crippen molar-refractivity contribution < 1.29 is 9.59 Å². The topological polar surface area (TPSA) is 58.2 Å². The van der Waals surface area contributed by atoms with E-state index < -0.39 is 11.8 Å². The maximum atomic E-state index is 12.0. The van der Waals surface area contributed by atoms with Crippen molar-refractivity contribution in [1.82, 2.24) is 5.32 Å². The summed E-state index contributed by atoms with van der Waals surface area (Å²) < 4.78 is 0. The van der Waals surface area contributed by atoms with Crippen molar-refractivity contribution in [2.45, 2.75) is 19.9 Å². The Morgan fingerprint density at radius 2 is 1.68 bits per heavy atom. The lowest BCUT2D eigenvalue weighted by Crippen LogP contribution is -2.37. The van der Waals surface area contributed by atoms with Crippen LogP contribution in [-0.2, 0) is 9.59 Å². The molecule has 0 spiro atoms. The molecule has 22 heavy (non-hydrogen) atoms. The van der Waals surface area contributed by atoms with Gasteiger partial charge < -0.3 is 10.6 Å². The standard InChI is InChI=1S/C17H17ClN2O2/c1-11-14(18)9-6-10-15(11)20-17(22)16(21)19-12(2)13-7-4-3-5-8-13/h3-10,12H,1-2H3,(H,19,21)(H,20,22)/t12-/m1/s1. The quantitative estimate of drug-likeness (QED) is 0.852. The number of amides is 2. The SMILES string of the molecule is Cc1c(Cl)cccc1NC(=O)C(=O)N[C@H](C)c1ccccc1. The molecular formula is C17H17ClN2O2. The summed E-state index contributed by atoms with van der Waals surface area (Å²) in [6.07, 6.45) is 0. The second kappa shape index (κ2) is 7.09. The van der Waals surface area contributed by atoms with Crippen LogP contribution in [0.5, 0.6) is 0 Å². The van der Waals surface area contributed by atoms with Gasteiger partial charge in [0.1, 0.15) is 0 Å². The predicted octanol–water partition coefficient (Wildman–Crippen LogP) is 3.46. The lowest BCUT2D eigenvalue weighted by Gasteiger charge is -2.14. The Kier molecular flexibility index (Phi) is 5.17. The first-order valence-electron chi connectivity index (χ1n) is 6.91. The van der Waals surface area contributed by atoms with Crippen LogP contribution < -0.4 is 10.6 Å². The van der Waals surface area contributed by atoms with Crippen LogP contribution in [0.1, 0.15) is 24.1 Å². The summed E-state index contributed by atoms with van der Waals surface area (Å²) in [4.78, 5) is 23.9. The third-order valence-corrected chi connectivity index (χ3v) is 3.78. The molecule has 2 aromatic carbocycles. The first kappa shape index (κ1) is 16.0. The summed E-state index contributed by atoms with van der Waals surface area (Å²) in [5.41, 5.74) is 2.18. The van der Waals surface area contributed by atoms with E-state index >= 15 is 0 Å². The Hall–Kier alpha value is -2.33. The molecule has 1 atom stereocenters. The molecule has 114 valence electrons. The van der Waals surface area contributed by atoms with Gasteiger partial charge in [-0.15, -0.1) is 0 Å². The van der Waals surface area contributed by atoms with Crippen molar-refractivity contribution in [1.29, 1.82) is 0 Å². The smallest absolute Gasteiger partial charge is 0.313 e. The zero-order chi connectivity index (χ0) is 16.1. The van der Waals surface area contributed by atoms with Gasteiger partial charge in [0.05, 0.1) is 6.04 Å². The molecule has 0 saturated heterocycles. The Morgan fingerprint density at radius 3 is 2.36 bits per heavy atom. The number of carbonyl (C=O) groups is 2. The Morgan fingerprint density at radius 1 is 1.00 bits per heavy atom. The minimum absolute atomic E-state index is 0.250. The first-order chi connectivity index (χ1) is 10.5. The Bertz CT molecular complexity index is 686. The minimum atomic E-state index is -0.715. The van der Waals surface area contributed by atoms with Crippen LogP contribution in [0.3, 0.4) is 0 Å². The van der Waals surface area contributed by atoms with Crippen LogP contribution in [0.15, 0.2) is 48.5 Å². The van der Waals surface area contributed by atoms with Gasteiger partial charge in [0.2, 0.25) is 0 Å². The third-order valence-electron chi connectivity index (χ3n) is 3.37. The van der Waals surface area contributed by atoms with E-state index in [-0.39, 0.29) is 6.04 Å². The molecule has 0 aromatic heterocycles. The molecule has 0 saturated carbocycles. The lowest BCUT2D eigenvalue weighted by molar-refractivity contribution is -0.136. The van der Waals surface area contributed by atoms with Gasteiger partial charge in [0, 0.05) is 10.7 Å². The van der Waals surface area contributed by atoms with E-state index in [1.165, 1.54) is 0 Å². The van der Waals surface area contributed by atoms with E-state index in [0.29, 0.717) is 10.7 Å². The van der Waals surface area contributed by atoms with Crippen molar-refractivity contribution in [3.63, 3.8) is 0 Å². The summed E-state index contributed by atoms with van der Waals surface area (Å²) in [5, 5.41) is 5.78. The van der Waals surface area contributed by atoms with Crippen LogP contribution in [0, 0.1) is 6.92 Å². The number of rotatable bonds is 3. The molecule has 0 unspecified atom stereocenters. The normalized spacial score (nSPS) is 11.6. The number of nitrogens with one attached hydrogen (secondary N) is 2. The zero-order valence-electron chi connectivity index (χ0n) is 12.4. The molecular weight excluding hydrogens is 300 g/mol. The van der Waals surface area contributed by atoms with Crippen LogP contribution >= 0.6 is 11.6 Å². The highest BCUT2D eigenvalue weighted by Gasteiger charge is 2.18. The average molecular weight is 317 g/mol. The molecule has 0 radical (unpaired) electrons. The van der Waals surface area contributed by atoms with Gasteiger partial charge in [-0.2, -0.15) is 0 Å². The van der Waals surface area contributed by atoms with Crippen LogP contribution in [0.4, 0.5) is 5.69 Å².